The number of aryl methyl sites for hydroxylation is 1. The predicted molar refractivity (Wildman–Crippen MR) is 118 cm³/mol. The van der Waals surface area contributed by atoms with Crippen molar-refractivity contribution in [3.8, 4) is 28.5 Å². The SMILES string of the molecule is Cc1cn(-c2cccc3[nH]c(-c4n[nH]c5ccc(-c6cncc(N)c6)nc45)nc23)cn1. The summed E-state index contributed by atoms with van der Waals surface area (Å²) in [4.78, 5) is 21.5. The maximum absolute atomic E-state index is 5.89. The molecule has 5 heterocycles. The van der Waals surface area contributed by atoms with Crippen LogP contribution < -0.4 is 5.73 Å². The summed E-state index contributed by atoms with van der Waals surface area (Å²) in [5, 5.41) is 7.52. The molecule has 0 spiro atoms. The number of aromatic nitrogens is 8. The van der Waals surface area contributed by atoms with E-state index in [1.807, 2.05) is 54.1 Å². The molecule has 0 amide bonds. The number of benzene rings is 1. The number of imidazole rings is 2. The highest BCUT2D eigenvalue weighted by molar-refractivity contribution is 5.93. The summed E-state index contributed by atoms with van der Waals surface area (Å²) in [6.45, 7) is 1.96. The number of aromatic amines is 2. The van der Waals surface area contributed by atoms with Crippen LogP contribution in [0.25, 0.3) is 50.5 Å². The number of nitrogens with one attached hydrogen (secondary N) is 2. The Balaban J connectivity index is 1.51. The van der Waals surface area contributed by atoms with Crippen molar-refractivity contribution in [2.45, 2.75) is 6.92 Å². The van der Waals surface area contributed by atoms with Crippen molar-refractivity contribution in [1.29, 1.82) is 0 Å². The lowest BCUT2D eigenvalue weighted by molar-refractivity contribution is 1.06. The topological polar surface area (TPSA) is 127 Å². The van der Waals surface area contributed by atoms with Crippen LogP contribution in [0.1, 0.15) is 5.69 Å². The summed E-state index contributed by atoms with van der Waals surface area (Å²) in [6.07, 6.45) is 7.11. The van der Waals surface area contributed by atoms with Crippen LogP contribution in [0.3, 0.4) is 0 Å². The Labute approximate surface area is 176 Å². The lowest BCUT2D eigenvalue weighted by Crippen LogP contribution is -1.91. The van der Waals surface area contributed by atoms with Gasteiger partial charge in [0.25, 0.3) is 0 Å². The van der Waals surface area contributed by atoms with Crippen LogP contribution in [0.5, 0.6) is 0 Å². The summed E-state index contributed by atoms with van der Waals surface area (Å²) in [7, 11) is 0. The molecule has 6 aromatic rings. The number of nitrogen functional groups attached to an aromatic ring is 1. The van der Waals surface area contributed by atoms with E-state index in [-0.39, 0.29) is 0 Å². The van der Waals surface area contributed by atoms with Crippen molar-refractivity contribution in [1.82, 2.24) is 39.7 Å². The molecule has 0 bridgehead atoms. The number of pyridine rings is 2. The molecule has 0 saturated heterocycles. The molecular formula is C22H17N9. The molecule has 150 valence electrons. The van der Waals surface area contributed by atoms with Gasteiger partial charge in [-0.15, -0.1) is 0 Å². The van der Waals surface area contributed by atoms with Crippen molar-refractivity contribution < 1.29 is 0 Å². The van der Waals surface area contributed by atoms with Gasteiger partial charge in [-0.1, -0.05) is 6.07 Å². The Morgan fingerprint density at radius 2 is 1.94 bits per heavy atom. The van der Waals surface area contributed by atoms with Crippen LogP contribution in [0.2, 0.25) is 0 Å². The van der Waals surface area contributed by atoms with Crippen LogP contribution in [-0.2, 0) is 0 Å². The third-order valence-electron chi connectivity index (χ3n) is 5.17. The number of hydrogen-bond acceptors (Lipinski definition) is 6. The van der Waals surface area contributed by atoms with E-state index >= 15 is 0 Å². The van der Waals surface area contributed by atoms with Gasteiger partial charge < -0.3 is 15.3 Å². The number of H-pyrrole nitrogens is 2. The second-order valence-corrected chi connectivity index (χ2v) is 7.35. The molecule has 5 aromatic heterocycles. The van der Waals surface area contributed by atoms with Crippen molar-refractivity contribution in [3.05, 3.63) is 67.0 Å². The third-order valence-corrected chi connectivity index (χ3v) is 5.17. The molecule has 0 atom stereocenters. The monoisotopic (exact) mass is 407 g/mol. The highest BCUT2D eigenvalue weighted by atomic mass is 15.2. The molecule has 0 aliphatic carbocycles. The minimum absolute atomic E-state index is 0.589. The zero-order chi connectivity index (χ0) is 20.9. The average Bonchev–Trinajstić information content (AvgIpc) is 3.50. The van der Waals surface area contributed by atoms with Gasteiger partial charge in [-0.05, 0) is 37.3 Å². The third kappa shape index (κ3) is 2.83. The highest BCUT2D eigenvalue weighted by Gasteiger charge is 2.17. The predicted octanol–water partition coefficient (Wildman–Crippen LogP) is 3.64. The molecule has 1 aromatic carbocycles. The smallest absolute Gasteiger partial charge is 0.161 e. The van der Waals surface area contributed by atoms with Gasteiger partial charge in [0.05, 0.1) is 40.1 Å². The summed E-state index contributed by atoms with van der Waals surface area (Å²) in [5.74, 6) is 0.640. The first-order valence-electron chi connectivity index (χ1n) is 9.72. The summed E-state index contributed by atoms with van der Waals surface area (Å²) >= 11 is 0. The molecule has 0 radical (unpaired) electrons. The molecule has 31 heavy (non-hydrogen) atoms. The number of hydrogen-bond donors (Lipinski definition) is 3. The van der Waals surface area contributed by atoms with E-state index in [1.165, 1.54) is 0 Å². The average molecular weight is 407 g/mol. The minimum atomic E-state index is 0.589. The fourth-order valence-corrected chi connectivity index (χ4v) is 3.71. The first-order valence-corrected chi connectivity index (χ1v) is 9.72. The molecule has 0 fully saturated rings. The highest BCUT2D eigenvalue weighted by Crippen LogP contribution is 2.29. The van der Waals surface area contributed by atoms with Gasteiger partial charge >= 0.3 is 0 Å². The van der Waals surface area contributed by atoms with Crippen molar-refractivity contribution in [3.63, 3.8) is 0 Å². The summed E-state index contributed by atoms with van der Waals surface area (Å²) in [6, 6.07) is 11.7. The van der Waals surface area contributed by atoms with Gasteiger partial charge in [-0.3, -0.25) is 10.1 Å². The fraction of sp³-hybridized carbons (Fsp3) is 0.0455. The van der Waals surface area contributed by atoms with E-state index in [1.54, 1.807) is 18.7 Å². The maximum atomic E-state index is 5.89. The number of nitrogens with two attached hydrogens (primary N) is 1. The number of anilines is 1. The first-order chi connectivity index (χ1) is 15.2. The molecule has 4 N–H and O–H groups in total. The number of fused-ring (bicyclic) bond motifs is 2. The van der Waals surface area contributed by atoms with Crippen molar-refractivity contribution >= 4 is 27.8 Å². The molecule has 0 saturated carbocycles. The molecular weight excluding hydrogens is 390 g/mol. The lowest BCUT2D eigenvalue weighted by Gasteiger charge is -2.02. The lowest BCUT2D eigenvalue weighted by atomic mass is 10.1. The van der Waals surface area contributed by atoms with Gasteiger partial charge in [0, 0.05) is 24.2 Å². The molecule has 6 rings (SSSR count). The van der Waals surface area contributed by atoms with Crippen LogP contribution in [0.15, 0.2) is 61.3 Å². The molecule has 0 aliphatic heterocycles. The summed E-state index contributed by atoms with van der Waals surface area (Å²) < 4.78 is 1.97. The summed E-state index contributed by atoms with van der Waals surface area (Å²) in [5.41, 5.74) is 13.9. The van der Waals surface area contributed by atoms with Gasteiger partial charge in [0.2, 0.25) is 0 Å². The quantitative estimate of drug-likeness (QED) is 0.411. The zero-order valence-corrected chi connectivity index (χ0v) is 16.5. The molecule has 0 aliphatic rings. The van der Waals surface area contributed by atoms with Gasteiger partial charge in [-0.2, -0.15) is 5.10 Å². The fourth-order valence-electron chi connectivity index (χ4n) is 3.71. The van der Waals surface area contributed by atoms with Crippen LogP contribution in [0, 0.1) is 6.92 Å². The molecule has 0 unspecified atom stereocenters. The second kappa shape index (κ2) is 6.49. The van der Waals surface area contributed by atoms with E-state index in [4.69, 9.17) is 15.7 Å². The molecule has 9 heteroatoms. The maximum Gasteiger partial charge on any atom is 0.161 e. The Hall–Kier alpha value is -4.53. The number of para-hydroxylation sites is 1. The zero-order valence-electron chi connectivity index (χ0n) is 16.5. The number of rotatable bonds is 3. The first kappa shape index (κ1) is 17.3. The minimum Gasteiger partial charge on any atom is -0.397 e. The Morgan fingerprint density at radius 3 is 2.77 bits per heavy atom. The Morgan fingerprint density at radius 1 is 1.00 bits per heavy atom. The van der Waals surface area contributed by atoms with E-state index in [0.29, 0.717) is 17.2 Å². The van der Waals surface area contributed by atoms with Crippen molar-refractivity contribution in [2.24, 2.45) is 0 Å². The Kier molecular flexibility index (Phi) is 3.63. The van der Waals surface area contributed by atoms with Gasteiger partial charge in [0.1, 0.15) is 11.0 Å². The number of nitrogens with zero attached hydrogens (tertiary/aromatic N) is 6. The van der Waals surface area contributed by atoms with Crippen LogP contribution in [-0.4, -0.2) is 39.7 Å². The largest absolute Gasteiger partial charge is 0.397 e. The van der Waals surface area contributed by atoms with Crippen LogP contribution >= 0.6 is 0 Å². The Bertz CT molecular complexity index is 1570. The van der Waals surface area contributed by atoms with Gasteiger partial charge in [0.15, 0.2) is 11.5 Å². The normalized spacial score (nSPS) is 11.5. The van der Waals surface area contributed by atoms with E-state index in [2.05, 4.69) is 25.1 Å². The van der Waals surface area contributed by atoms with E-state index in [9.17, 15) is 0 Å². The molecule has 9 nitrogen and oxygen atoms in total. The van der Waals surface area contributed by atoms with E-state index < -0.39 is 0 Å². The second-order valence-electron chi connectivity index (χ2n) is 7.35. The van der Waals surface area contributed by atoms with Gasteiger partial charge in [-0.25, -0.2) is 15.0 Å². The standard InChI is InChI=1S/C22H17N9/c1-12-10-31(11-25-12)18-4-2-3-16-19(18)28-22(27-16)21-20-17(29-30-21)6-5-15(26-20)13-7-14(23)9-24-8-13/h2-11H,23H2,1H3,(H,27,28)(H,29,30). The van der Waals surface area contributed by atoms with Crippen LogP contribution in [0.4, 0.5) is 5.69 Å². The van der Waals surface area contributed by atoms with Crippen molar-refractivity contribution in [2.75, 3.05) is 5.73 Å². The van der Waals surface area contributed by atoms with E-state index in [0.717, 1.165) is 44.7 Å².